The number of ether oxygens (including phenoxy) is 1. The summed E-state index contributed by atoms with van der Waals surface area (Å²) in [5.41, 5.74) is 0.00589. The highest BCUT2D eigenvalue weighted by molar-refractivity contribution is 5.94. The summed E-state index contributed by atoms with van der Waals surface area (Å²) in [5.74, 6) is -0.230. The standard InChI is InChI=1S/C14H21N3O3.ClH/c1-17-7-4-11(8-12(17)18)13(19)15-9-14(10-20-2)5-3-6-16-14;/h4,7-8,16H,3,5-6,9-10H2,1-2H3,(H,15,19);1H. The van der Waals surface area contributed by atoms with Gasteiger partial charge in [0.15, 0.2) is 0 Å². The third kappa shape index (κ3) is 4.30. The summed E-state index contributed by atoms with van der Waals surface area (Å²) in [6, 6.07) is 2.99. The molecule has 2 heterocycles. The van der Waals surface area contributed by atoms with Crippen LogP contribution in [0.4, 0.5) is 0 Å². The van der Waals surface area contributed by atoms with E-state index in [2.05, 4.69) is 10.6 Å². The molecule has 1 unspecified atom stereocenters. The van der Waals surface area contributed by atoms with Crippen molar-refractivity contribution in [1.29, 1.82) is 0 Å². The van der Waals surface area contributed by atoms with Gasteiger partial charge in [-0.15, -0.1) is 12.4 Å². The number of amides is 1. The summed E-state index contributed by atoms with van der Waals surface area (Å²) >= 11 is 0. The van der Waals surface area contributed by atoms with Gasteiger partial charge in [0, 0.05) is 38.5 Å². The van der Waals surface area contributed by atoms with Crippen molar-refractivity contribution in [2.45, 2.75) is 18.4 Å². The first-order valence-corrected chi connectivity index (χ1v) is 6.75. The largest absolute Gasteiger partial charge is 0.383 e. The Morgan fingerprint density at radius 1 is 1.57 bits per heavy atom. The summed E-state index contributed by atoms with van der Waals surface area (Å²) in [7, 11) is 3.31. The minimum atomic E-state index is -0.230. The Kier molecular flexibility index (Phi) is 6.39. The van der Waals surface area contributed by atoms with Crippen LogP contribution < -0.4 is 16.2 Å². The van der Waals surface area contributed by atoms with Crippen LogP contribution in [0.15, 0.2) is 23.1 Å². The maximum absolute atomic E-state index is 12.1. The van der Waals surface area contributed by atoms with Crippen molar-refractivity contribution < 1.29 is 9.53 Å². The molecule has 1 amide bonds. The Morgan fingerprint density at radius 2 is 2.33 bits per heavy atom. The Balaban J connectivity index is 0.00000220. The molecule has 21 heavy (non-hydrogen) atoms. The van der Waals surface area contributed by atoms with Crippen molar-refractivity contribution in [2.75, 3.05) is 26.8 Å². The van der Waals surface area contributed by atoms with E-state index in [-0.39, 0.29) is 29.4 Å². The van der Waals surface area contributed by atoms with Gasteiger partial charge < -0.3 is 19.9 Å². The summed E-state index contributed by atoms with van der Waals surface area (Å²) in [6.45, 7) is 1.99. The minimum Gasteiger partial charge on any atom is -0.383 e. The van der Waals surface area contributed by atoms with Gasteiger partial charge in [0.2, 0.25) is 0 Å². The Morgan fingerprint density at radius 3 is 2.90 bits per heavy atom. The molecular formula is C14H22ClN3O3. The van der Waals surface area contributed by atoms with E-state index in [1.165, 1.54) is 10.6 Å². The quantitative estimate of drug-likeness (QED) is 0.820. The number of pyridine rings is 1. The molecule has 1 aromatic rings. The van der Waals surface area contributed by atoms with Crippen molar-refractivity contribution in [3.05, 3.63) is 34.2 Å². The van der Waals surface area contributed by atoms with Gasteiger partial charge in [0.25, 0.3) is 11.5 Å². The van der Waals surface area contributed by atoms with E-state index >= 15 is 0 Å². The van der Waals surface area contributed by atoms with Crippen LogP contribution >= 0.6 is 12.4 Å². The van der Waals surface area contributed by atoms with Gasteiger partial charge in [0.1, 0.15) is 0 Å². The van der Waals surface area contributed by atoms with Crippen molar-refractivity contribution in [2.24, 2.45) is 7.05 Å². The van der Waals surface area contributed by atoms with E-state index in [9.17, 15) is 9.59 Å². The fourth-order valence-electron chi connectivity index (χ4n) is 2.51. The third-order valence-corrected chi connectivity index (χ3v) is 3.71. The zero-order valence-electron chi connectivity index (χ0n) is 12.3. The van der Waals surface area contributed by atoms with Gasteiger partial charge in [-0.25, -0.2) is 0 Å². The molecule has 7 heteroatoms. The molecule has 0 aliphatic carbocycles. The molecule has 0 bridgehead atoms. The first kappa shape index (κ1) is 17.7. The molecule has 1 saturated heterocycles. The number of carbonyl (C=O) groups excluding carboxylic acids is 1. The first-order chi connectivity index (χ1) is 9.56. The summed E-state index contributed by atoms with van der Waals surface area (Å²) in [4.78, 5) is 23.6. The number of hydrogen-bond acceptors (Lipinski definition) is 4. The number of methoxy groups -OCH3 is 1. The lowest BCUT2D eigenvalue weighted by Crippen LogP contribution is -2.53. The second kappa shape index (κ2) is 7.59. The van der Waals surface area contributed by atoms with Crippen molar-refractivity contribution in [3.8, 4) is 0 Å². The normalized spacial score (nSPS) is 20.9. The maximum atomic E-state index is 12.1. The van der Waals surface area contributed by atoms with Crippen LogP contribution in [-0.2, 0) is 11.8 Å². The van der Waals surface area contributed by atoms with E-state index in [4.69, 9.17) is 4.74 Å². The predicted molar refractivity (Wildman–Crippen MR) is 83.1 cm³/mol. The maximum Gasteiger partial charge on any atom is 0.251 e. The van der Waals surface area contributed by atoms with Gasteiger partial charge in [-0.1, -0.05) is 0 Å². The summed E-state index contributed by atoms with van der Waals surface area (Å²) in [5, 5.41) is 6.28. The number of halogens is 1. The molecule has 1 aliphatic rings. The Hall–Kier alpha value is -1.37. The number of nitrogens with zero attached hydrogens (tertiary/aromatic N) is 1. The van der Waals surface area contributed by atoms with Gasteiger partial charge in [0.05, 0.1) is 12.1 Å². The van der Waals surface area contributed by atoms with Gasteiger partial charge in [-0.2, -0.15) is 0 Å². The van der Waals surface area contributed by atoms with E-state index in [0.29, 0.717) is 18.7 Å². The smallest absolute Gasteiger partial charge is 0.251 e. The number of hydrogen-bond donors (Lipinski definition) is 2. The molecule has 0 spiro atoms. The van der Waals surface area contributed by atoms with Crippen molar-refractivity contribution in [1.82, 2.24) is 15.2 Å². The fourth-order valence-corrected chi connectivity index (χ4v) is 2.51. The average Bonchev–Trinajstić information content (AvgIpc) is 2.89. The number of carbonyl (C=O) groups is 1. The van der Waals surface area contributed by atoms with Gasteiger partial charge in [-0.3, -0.25) is 9.59 Å². The predicted octanol–water partition coefficient (Wildman–Crippen LogP) is 0.305. The molecule has 1 aromatic heterocycles. The second-order valence-corrected chi connectivity index (χ2v) is 5.29. The molecular weight excluding hydrogens is 294 g/mol. The monoisotopic (exact) mass is 315 g/mol. The summed E-state index contributed by atoms with van der Waals surface area (Å²) in [6.07, 6.45) is 3.64. The second-order valence-electron chi connectivity index (χ2n) is 5.29. The lowest BCUT2D eigenvalue weighted by Gasteiger charge is -2.28. The van der Waals surface area contributed by atoms with Crippen LogP contribution in [-0.4, -0.2) is 42.8 Å². The van der Waals surface area contributed by atoms with Gasteiger partial charge in [-0.05, 0) is 25.5 Å². The first-order valence-electron chi connectivity index (χ1n) is 6.75. The fraction of sp³-hybridized carbons (Fsp3) is 0.571. The SMILES string of the molecule is COCC1(CNC(=O)c2ccn(C)c(=O)c2)CCCN1.Cl. The van der Waals surface area contributed by atoms with Crippen molar-refractivity contribution in [3.63, 3.8) is 0 Å². The van der Waals surface area contributed by atoms with E-state index in [1.807, 2.05) is 0 Å². The number of aryl methyl sites for hydroxylation is 1. The third-order valence-electron chi connectivity index (χ3n) is 3.71. The highest BCUT2D eigenvalue weighted by atomic mass is 35.5. The van der Waals surface area contributed by atoms with Crippen LogP contribution in [0.5, 0.6) is 0 Å². The van der Waals surface area contributed by atoms with Crippen LogP contribution in [0.2, 0.25) is 0 Å². The molecule has 2 N–H and O–H groups in total. The molecule has 0 aromatic carbocycles. The molecule has 0 saturated carbocycles. The van der Waals surface area contributed by atoms with Crippen LogP contribution in [0, 0.1) is 0 Å². The number of aromatic nitrogens is 1. The lowest BCUT2D eigenvalue weighted by molar-refractivity contribution is 0.0892. The zero-order valence-corrected chi connectivity index (χ0v) is 13.2. The number of rotatable bonds is 5. The van der Waals surface area contributed by atoms with E-state index in [1.54, 1.807) is 26.4 Å². The molecule has 1 fully saturated rings. The molecule has 118 valence electrons. The van der Waals surface area contributed by atoms with Crippen LogP contribution in [0.1, 0.15) is 23.2 Å². The lowest BCUT2D eigenvalue weighted by atomic mass is 9.98. The molecule has 0 radical (unpaired) electrons. The molecule has 1 atom stereocenters. The summed E-state index contributed by atoms with van der Waals surface area (Å²) < 4.78 is 6.67. The topological polar surface area (TPSA) is 72.4 Å². The highest BCUT2D eigenvalue weighted by Crippen LogP contribution is 2.18. The Bertz CT molecular complexity index is 539. The highest BCUT2D eigenvalue weighted by Gasteiger charge is 2.33. The average molecular weight is 316 g/mol. The van der Waals surface area contributed by atoms with Crippen molar-refractivity contribution >= 4 is 18.3 Å². The minimum absolute atomic E-state index is 0. The van der Waals surface area contributed by atoms with E-state index < -0.39 is 0 Å². The van der Waals surface area contributed by atoms with Crippen LogP contribution in [0.3, 0.4) is 0 Å². The zero-order chi connectivity index (χ0) is 14.6. The molecule has 6 nitrogen and oxygen atoms in total. The van der Waals surface area contributed by atoms with E-state index in [0.717, 1.165) is 19.4 Å². The Labute approximate surface area is 130 Å². The van der Waals surface area contributed by atoms with Crippen LogP contribution in [0.25, 0.3) is 0 Å². The van der Waals surface area contributed by atoms with Gasteiger partial charge >= 0.3 is 0 Å². The number of nitrogens with one attached hydrogen (secondary N) is 2. The molecule has 1 aliphatic heterocycles. The molecule has 2 rings (SSSR count).